The van der Waals surface area contributed by atoms with Crippen molar-refractivity contribution in [2.75, 3.05) is 39.0 Å². The molecule has 134 valence electrons. The van der Waals surface area contributed by atoms with E-state index in [0.29, 0.717) is 6.61 Å². The van der Waals surface area contributed by atoms with Gasteiger partial charge in [-0.05, 0) is 0 Å². The van der Waals surface area contributed by atoms with E-state index in [9.17, 15) is 9.67 Å². The zero-order valence-corrected chi connectivity index (χ0v) is 13.7. The number of hydrogen-bond donors (Lipinski definition) is 4. The summed E-state index contributed by atoms with van der Waals surface area (Å²) in [6, 6.07) is -0.380. The molecule has 0 saturated heterocycles. The Bertz CT molecular complexity index is 746. The number of anilines is 1. The Labute approximate surface area is 136 Å². The summed E-state index contributed by atoms with van der Waals surface area (Å²) < 4.78 is 27.0. The molecule has 0 saturated carbocycles. The molecule has 12 nitrogen and oxygen atoms in total. The summed E-state index contributed by atoms with van der Waals surface area (Å²) in [6.45, 7) is 0.527. The minimum atomic E-state index is -4.25. The molecular formula is C11H18N5O7P. The molecule has 5 N–H and O–H groups in total. The van der Waals surface area contributed by atoms with Gasteiger partial charge in [0, 0.05) is 7.11 Å². The molecule has 2 aromatic rings. The van der Waals surface area contributed by atoms with Crippen LogP contribution in [0.5, 0.6) is 12.0 Å². The molecule has 0 unspecified atom stereocenters. The smallest absolute Gasteiger partial charge is 0.350 e. The Hall–Kier alpha value is -1.98. The first kappa shape index (κ1) is 18.4. The molecule has 0 aliphatic heterocycles. The Morgan fingerprint density at radius 2 is 1.96 bits per heavy atom. The van der Waals surface area contributed by atoms with Crippen molar-refractivity contribution in [1.29, 1.82) is 0 Å². The summed E-state index contributed by atoms with van der Waals surface area (Å²) in [4.78, 5) is 29.4. The standard InChI is InChI=1S/C11H18N5O7P/c1-21-4-5-23-10-14-8(12)7-9(15-10)16(11(17)13-7)2-3-22-6-24(18,19)20/h2-6H2,1H3,(H,13,17)(H2,12,14,15)(H2,18,19,20). The highest BCUT2D eigenvalue weighted by atomic mass is 31.2. The molecule has 0 fully saturated rings. The average Bonchev–Trinajstić information content (AvgIpc) is 2.80. The van der Waals surface area contributed by atoms with Gasteiger partial charge in [-0.1, -0.05) is 0 Å². The van der Waals surface area contributed by atoms with Crippen molar-refractivity contribution in [1.82, 2.24) is 19.5 Å². The van der Waals surface area contributed by atoms with E-state index in [1.165, 1.54) is 11.7 Å². The quantitative estimate of drug-likeness (QED) is 0.327. The van der Waals surface area contributed by atoms with Crippen molar-refractivity contribution in [3.8, 4) is 12.0 Å². The van der Waals surface area contributed by atoms with E-state index in [-0.39, 0.29) is 48.8 Å². The predicted molar refractivity (Wildman–Crippen MR) is 81.6 cm³/mol. The molecule has 0 aliphatic rings. The number of nitrogen functional groups attached to an aromatic ring is 1. The Morgan fingerprint density at radius 3 is 2.62 bits per heavy atom. The van der Waals surface area contributed by atoms with Crippen LogP contribution in [0.3, 0.4) is 0 Å². The van der Waals surface area contributed by atoms with Crippen molar-refractivity contribution in [3.63, 3.8) is 0 Å². The van der Waals surface area contributed by atoms with Gasteiger partial charge in [-0.3, -0.25) is 9.13 Å². The summed E-state index contributed by atoms with van der Waals surface area (Å²) in [5, 5.41) is 9.88. The lowest BCUT2D eigenvalue weighted by atomic mass is 10.5. The highest BCUT2D eigenvalue weighted by Crippen LogP contribution is 2.33. The fourth-order valence-electron chi connectivity index (χ4n) is 1.82. The minimum absolute atomic E-state index is 0.00524. The number of hydrogen-bond acceptors (Lipinski definition) is 9. The van der Waals surface area contributed by atoms with Crippen LogP contribution in [0.4, 0.5) is 5.82 Å². The van der Waals surface area contributed by atoms with Crippen molar-refractivity contribution >= 4 is 24.6 Å². The van der Waals surface area contributed by atoms with Gasteiger partial charge in [-0.25, -0.2) is 0 Å². The first-order chi connectivity index (χ1) is 11.3. The normalized spacial score (nSPS) is 12.0. The monoisotopic (exact) mass is 363 g/mol. The Morgan fingerprint density at radius 1 is 1.21 bits per heavy atom. The molecule has 24 heavy (non-hydrogen) atoms. The maximum atomic E-state index is 10.7. The molecular weight excluding hydrogens is 345 g/mol. The van der Waals surface area contributed by atoms with Gasteiger partial charge in [-0.15, -0.1) is 0 Å². The van der Waals surface area contributed by atoms with Crippen molar-refractivity contribution in [3.05, 3.63) is 0 Å². The molecule has 0 amide bonds. The van der Waals surface area contributed by atoms with Crippen LogP contribution in [-0.2, 0) is 20.6 Å². The lowest BCUT2D eigenvalue weighted by molar-refractivity contribution is 0.141. The second kappa shape index (κ2) is 7.73. The lowest BCUT2D eigenvalue weighted by Crippen LogP contribution is -2.10. The Balaban J connectivity index is 2.16. The van der Waals surface area contributed by atoms with Gasteiger partial charge in [-0.2, -0.15) is 15.0 Å². The van der Waals surface area contributed by atoms with Gasteiger partial charge in [0.05, 0.1) is 19.8 Å². The molecule has 0 spiro atoms. The third kappa shape index (κ3) is 4.76. The zero-order chi connectivity index (χ0) is 17.7. The van der Waals surface area contributed by atoms with Gasteiger partial charge >= 0.3 is 13.6 Å². The molecule has 0 aliphatic carbocycles. The van der Waals surface area contributed by atoms with Crippen LogP contribution in [0.1, 0.15) is 0 Å². The summed E-state index contributed by atoms with van der Waals surface area (Å²) in [6.07, 6.45) is -0.719. The van der Waals surface area contributed by atoms with Crippen LogP contribution in [0.15, 0.2) is 0 Å². The van der Waals surface area contributed by atoms with E-state index in [4.69, 9.17) is 29.7 Å². The second-order valence-electron chi connectivity index (χ2n) is 4.67. The van der Waals surface area contributed by atoms with Crippen LogP contribution < -0.4 is 10.5 Å². The summed E-state index contributed by atoms with van der Waals surface area (Å²) in [7, 11) is -2.73. The third-order valence-corrected chi connectivity index (χ3v) is 3.34. The van der Waals surface area contributed by atoms with Crippen LogP contribution in [0.2, 0.25) is 0 Å². The summed E-state index contributed by atoms with van der Waals surface area (Å²) >= 11 is 0. The van der Waals surface area contributed by atoms with Crippen molar-refractivity contribution in [2.45, 2.75) is 6.54 Å². The number of aromatic hydroxyl groups is 1. The third-order valence-electron chi connectivity index (χ3n) is 2.82. The SMILES string of the molecule is COCCOc1nc(N)c2nc(O)n(CCOCP(=O)(O)O)c2n1. The average molecular weight is 363 g/mol. The van der Waals surface area contributed by atoms with E-state index < -0.39 is 13.9 Å². The number of nitrogens with zero attached hydrogens (tertiary/aromatic N) is 4. The number of fused-ring (bicyclic) bond motifs is 1. The fourth-order valence-corrected chi connectivity index (χ4v) is 2.18. The van der Waals surface area contributed by atoms with Crippen LogP contribution >= 0.6 is 7.60 Å². The number of rotatable bonds is 9. The van der Waals surface area contributed by atoms with Crippen LogP contribution in [-0.4, -0.2) is 67.7 Å². The van der Waals surface area contributed by atoms with Gasteiger partial charge in [0.2, 0.25) is 0 Å². The van der Waals surface area contributed by atoms with E-state index in [1.54, 1.807) is 0 Å². The van der Waals surface area contributed by atoms with Crippen molar-refractivity contribution < 1.29 is 33.7 Å². The summed E-state index contributed by atoms with van der Waals surface area (Å²) in [5.74, 6) is 0.0256. The van der Waals surface area contributed by atoms with Gasteiger partial charge in [0.1, 0.15) is 13.0 Å². The van der Waals surface area contributed by atoms with Gasteiger partial charge < -0.3 is 34.8 Å². The molecule has 0 bridgehead atoms. The van der Waals surface area contributed by atoms with Crippen LogP contribution in [0.25, 0.3) is 11.2 Å². The van der Waals surface area contributed by atoms with Gasteiger partial charge in [0.15, 0.2) is 17.0 Å². The largest absolute Gasteiger partial charge is 0.480 e. The van der Waals surface area contributed by atoms with Gasteiger partial charge in [0.25, 0.3) is 6.01 Å². The topological polar surface area (TPSA) is 175 Å². The highest BCUT2D eigenvalue weighted by molar-refractivity contribution is 7.51. The first-order valence-corrected chi connectivity index (χ1v) is 8.58. The Kier molecular flexibility index (Phi) is 5.91. The summed E-state index contributed by atoms with van der Waals surface area (Å²) in [5.41, 5.74) is 6.17. The van der Waals surface area contributed by atoms with Crippen LogP contribution in [0, 0.1) is 0 Å². The van der Waals surface area contributed by atoms with E-state index in [2.05, 4.69) is 15.0 Å². The molecule has 0 aromatic carbocycles. The molecule has 2 rings (SSSR count). The predicted octanol–water partition coefficient (Wildman–Crippen LogP) is -0.709. The van der Waals surface area contributed by atoms with E-state index in [0.717, 1.165) is 0 Å². The maximum absolute atomic E-state index is 10.7. The highest BCUT2D eigenvalue weighted by Gasteiger charge is 2.18. The molecule has 13 heteroatoms. The molecule has 0 atom stereocenters. The second-order valence-corrected chi connectivity index (χ2v) is 6.26. The fraction of sp³-hybridized carbons (Fsp3) is 0.545. The molecule has 2 heterocycles. The van der Waals surface area contributed by atoms with Crippen molar-refractivity contribution in [2.24, 2.45) is 0 Å². The van der Waals surface area contributed by atoms with E-state index >= 15 is 0 Å². The lowest BCUT2D eigenvalue weighted by Gasteiger charge is -2.08. The number of aromatic nitrogens is 4. The molecule has 0 radical (unpaired) electrons. The van der Waals surface area contributed by atoms with E-state index in [1.807, 2.05) is 0 Å². The number of imidazole rings is 1. The molecule has 2 aromatic heterocycles. The number of methoxy groups -OCH3 is 1. The maximum Gasteiger partial charge on any atom is 0.350 e. The first-order valence-electron chi connectivity index (χ1n) is 6.78. The zero-order valence-electron chi connectivity index (χ0n) is 12.8. The number of nitrogens with two attached hydrogens (primary N) is 1. The number of ether oxygens (including phenoxy) is 3. The minimum Gasteiger partial charge on any atom is -0.480 e.